The molecule has 0 amide bonds. The number of benzene rings is 1. The molecule has 6 heteroatoms. The molecule has 1 aromatic rings. The summed E-state index contributed by atoms with van der Waals surface area (Å²) < 4.78 is 43.3. The zero-order valence-electron chi connectivity index (χ0n) is 11.0. The lowest BCUT2D eigenvalue weighted by Crippen LogP contribution is -2.25. The van der Waals surface area contributed by atoms with E-state index >= 15 is 0 Å². The van der Waals surface area contributed by atoms with Gasteiger partial charge in [-0.3, -0.25) is 0 Å². The van der Waals surface area contributed by atoms with Crippen molar-refractivity contribution in [2.45, 2.75) is 43.3 Å². The summed E-state index contributed by atoms with van der Waals surface area (Å²) in [5, 5.41) is 0. The van der Waals surface area contributed by atoms with Crippen molar-refractivity contribution in [3.8, 4) is 0 Å². The molecule has 2 rings (SSSR count). The van der Waals surface area contributed by atoms with Crippen LogP contribution in [0.3, 0.4) is 0 Å². The molecule has 1 aliphatic rings. The second-order valence-electron chi connectivity index (χ2n) is 5.50. The Bertz CT molecular complexity index is 584. The number of hydrogen-bond acceptors (Lipinski definition) is 4. The fraction of sp³-hybridized carbons (Fsp3) is 0.538. The maximum atomic E-state index is 13.3. The molecule has 1 saturated heterocycles. The highest BCUT2D eigenvalue weighted by Gasteiger charge is 2.34. The fourth-order valence-corrected chi connectivity index (χ4v) is 3.71. The van der Waals surface area contributed by atoms with E-state index in [0.29, 0.717) is 6.42 Å². The quantitative estimate of drug-likeness (QED) is 0.865. The third-order valence-electron chi connectivity index (χ3n) is 3.29. The van der Waals surface area contributed by atoms with Gasteiger partial charge in [0.2, 0.25) is 0 Å². The molecule has 0 spiro atoms. The van der Waals surface area contributed by atoms with Crippen molar-refractivity contribution in [1.82, 2.24) is 0 Å². The number of halogens is 1. The molecule has 0 saturated carbocycles. The lowest BCUT2D eigenvalue weighted by Gasteiger charge is -2.19. The smallest absolute Gasteiger partial charge is 0.181 e. The normalized spacial score (nSPS) is 22.6. The number of nitrogens with two attached hydrogens (primary N) is 1. The zero-order valence-corrected chi connectivity index (χ0v) is 11.8. The molecule has 1 unspecified atom stereocenters. The predicted molar refractivity (Wildman–Crippen MR) is 71.1 cm³/mol. The van der Waals surface area contributed by atoms with Crippen LogP contribution in [-0.2, 0) is 14.6 Å². The van der Waals surface area contributed by atoms with E-state index in [9.17, 15) is 12.8 Å². The summed E-state index contributed by atoms with van der Waals surface area (Å²) in [6, 6.07) is 3.56. The number of ether oxygens (including phenoxy) is 1. The highest BCUT2D eigenvalue weighted by Crippen LogP contribution is 2.31. The molecule has 0 radical (unpaired) electrons. The molecule has 0 aliphatic carbocycles. The molecule has 0 aromatic heterocycles. The lowest BCUT2D eigenvalue weighted by molar-refractivity contribution is -0.00527. The third-order valence-corrected chi connectivity index (χ3v) is 5.07. The monoisotopic (exact) mass is 287 g/mol. The van der Waals surface area contributed by atoms with E-state index in [1.807, 2.05) is 13.8 Å². The van der Waals surface area contributed by atoms with Crippen LogP contribution in [0.5, 0.6) is 0 Å². The average molecular weight is 287 g/mol. The summed E-state index contributed by atoms with van der Waals surface area (Å²) in [6.07, 6.45) is 1.19. The van der Waals surface area contributed by atoms with Gasteiger partial charge in [0.1, 0.15) is 5.82 Å². The topological polar surface area (TPSA) is 69.4 Å². The molecule has 19 heavy (non-hydrogen) atoms. The number of sulfone groups is 1. The average Bonchev–Trinajstić information content (AvgIpc) is 2.61. The summed E-state index contributed by atoms with van der Waals surface area (Å²) in [5.41, 5.74) is 4.99. The first-order chi connectivity index (χ1) is 8.70. The first-order valence-electron chi connectivity index (χ1n) is 6.15. The number of nitrogen functional groups attached to an aromatic ring is 1. The standard InChI is InChI=1S/C13H18FNO3S/c1-13(2)6-5-9(18-13)8-19(16,17)10-3-4-12(15)11(14)7-10/h3-4,7,9H,5-6,8,15H2,1-2H3. The first-order valence-corrected chi connectivity index (χ1v) is 7.80. The van der Waals surface area contributed by atoms with Crippen LogP contribution in [0.1, 0.15) is 26.7 Å². The largest absolute Gasteiger partial charge is 0.396 e. The Kier molecular flexibility index (Phi) is 3.57. The van der Waals surface area contributed by atoms with Gasteiger partial charge < -0.3 is 10.5 Å². The molecule has 1 heterocycles. The Morgan fingerprint density at radius 1 is 1.47 bits per heavy atom. The molecule has 1 aliphatic heterocycles. The molecule has 106 valence electrons. The summed E-state index contributed by atoms with van der Waals surface area (Å²) in [4.78, 5) is -0.0486. The van der Waals surface area contributed by atoms with Gasteiger partial charge in [-0.15, -0.1) is 0 Å². The SMILES string of the molecule is CC1(C)CCC(CS(=O)(=O)c2ccc(N)c(F)c2)O1. The molecule has 0 bridgehead atoms. The van der Waals surface area contributed by atoms with Gasteiger partial charge in [-0.05, 0) is 44.9 Å². The van der Waals surface area contributed by atoms with Crippen molar-refractivity contribution < 1.29 is 17.5 Å². The molecule has 1 aromatic carbocycles. The minimum absolute atomic E-state index is 0.0486. The molecule has 1 atom stereocenters. The Balaban J connectivity index is 2.17. The number of rotatable bonds is 3. The molecular weight excluding hydrogens is 269 g/mol. The van der Waals surface area contributed by atoms with E-state index in [0.717, 1.165) is 12.5 Å². The summed E-state index contributed by atoms with van der Waals surface area (Å²) in [5.74, 6) is -0.839. The van der Waals surface area contributed by atoms with Gasteiger partial charge in [-0.2, -0.15) is 0 Å². The van der Waals surface area contributed by atoms with Crippen LogP contribution in [0.4, 0.5) is 10.1 Å². The molecule has 2 N–H and O–H groups in total. The summed E-state index contributed by atoms with van der Waals surface area (Å²) in [6.45, 7) is 3.87. The number of hydrogen-bond donors (Lipinski definition) is 1. The third kappa shape index (κ3) is 3.25. The van der Waals surface area contributed by atoms with E-state index in [1.54, 1.807) is 0 Å². The second-order valence-corrected chi connectivity index (χ2v) is 7.54. The van der Waals surface area contributed by atoms with E-state index in [4.69, 9.17) is 10.5 Å². The maximum Gasteiger partial charge on any atom is 0.181 e. The van der Waals surface area contributed by atoms with Crippen molar-refractivity contribution in [1.29, 1.82) is 0 Å². The van der Waals surface area contributed by atoms with Crippen LogP contribution in [0, 0.1) is 5.82 Å². The van der Waals surface area contributed by atoms with Gasteiger partial charge >= 0.3 is 0 Å². The van der Waals surface area contributed by atoms with Gasteiger partial charge in [0.05, 0.1) is 28.0 Å². The van der Waals surface area contributed by atoms with E-state index in [1.165, 1.54) is 12.1 Å². The zero-order chi connectivity index (χ0) is 14.3. The van der Waals surface area contributed by atoms with E-state index < -0.39 is 15.7 Å². The summed E-state index contributed by atoms with van der Waals surface area (Å²) >= 11 is 0. The van der Waals surface area contributed by atoms with Gasteiger partial charge in [-0.1, -0.05) is 0 Å². The summed E-state index contributed by atoms with van der Waals surface area (Å²) in [7, 11) is -3.55. The Labute approximate surface area is 112 Å². The van der Waals surface area contributed by atoms with Crippen LogP contribution in [0.15, 0.2) is 23.1 Å². The van der Waals surface area contributed by atoms with Crippen molar-refractivity contribution >= 4 is 15.5 Å². The highest BCUT2D eigenvalue weighted by molar-refractivity contribution is 7.91. The predicted octanol–water partition coefficient (Wildman–Crippen LogP) is 2.14. The first kappa shape index (κ1) is 14.3. The Morgan fingerprint density at radius 2 is 2.16 bits per heavy atom. The van der Waals surface area contributed by atoms with Gasteiger partial charge in [0, 0.05) is 0 Å². The Hall–Kier alpha value is -1.14. The Morgan fingerprint density at radius 3 is 2.68 bits per heavy atom. The van der Waals surface area contributed by atoms with Crippen LogP contribution in [-0.4, -0.2) is 25.9 Å². The van der Waals surface area contributed by atoms with Crippen molar-refractivity contribution in [3.63, 3.8) is 0 Å². The number of anilines is 1. The van der Waals surface area contributed by atoms with Crippen LogP contribution in [0.25, 0.3) is 0 Å². The van der Waals surface area contributed by atoms with Gasteiger partial charge in [0.15, 0.2) is 9.84 Å². The minimum Gasteiger partial charge on any atom is -0.396 e. The van der Waals surface area contributed by atoms with Gasteiger partial charge in [-0.25, -0.2) is 12.8 Å². The van der Waals surface area contributed by atoms with Gasteiger partial charge in [0.25, 0.3) is 0 Å². The molecule has 1 fully saturated rings. The van der Waals surface area contributed by atoms with Crippen LogP contribution in [0.2, 0.25) is 0 Å². The molecular formula is C13H18FNO3S. The van der Waals surface area contributed by atoms with Crippen LogP contribution < -0.4 is 5.73 Å². The van der Waals surface area contributed by atoms with E-state index in [2.05, 4.69) is 0 Å². The fourth-order valence-electron chi connectivity index (χ4n) is 2.24. The highest BCUT2D eigenvalue weighted by atomic mass is 32.2. The van der Waals surface area contributed by atoms with Crippen molar-refractivity contribution in [3.05, 3.63) is 24.0 Å². The van der Waals surface area contributed by atoms with E-state index in [-0.39, 0.29) is 28.0 Å². The van der Waals surface area contributed by atoms with Crippen LogP contribution >= 0.6 is 0 Å². The lowest BCUT2D eigenvalue weighted by atomic mass is 10.1. The van der Waals surface area contributed by atoms with Crippen molar-refractivity contribution in [2.75, 3.05) is 11.5 Å². The minimum atomic E-state index is -3.55. The second kappa shape index (κ2) is 4.76. The van der Waals surface area contributed by atoms with Crippen molar-refractivity contribution in [2.24, 2.45) is 0 Å². The molecule has 4 nitrogen and oxygen atoms in total. The maximum absolute atomic E-state index is 13.3.